The zero-order valence-electron chi connectivity index (χ0n) is 16.9. The van der Waals surface area contributed by atoms with E-state index in [0.717, 1.165) is 38.2 Å². The molecule has 2 amide bonds. The lowest BCUT2D eigenvalue weighted by Gasteiger charge is -2.32. The zero-order valence-corrected chi connectivity index (χ0v) is 16.9. The molecule has 0 radical (unpaired) electrons. The van der Waals surface area contributed by atoms with E-state index < -0.39 is 0 Å². The second-order valence-electron chi connectivity index (χ2n) is 7.54. The van der Waals surface area contributed by atoms with Gasteiger partial charge in [0.2, 0.25) is 0 Å². The SMILES string of the molecule is Cc1ccc(OCCNC(=O)NC2CCN(Cc3ccccc3C)CC2)cc1. The number of carbonyl (C=O) groups is 1. The number of likely N-dealkylation sites (tertiary alicyclic amines) is 1. The molecule has 0 bridgehead atoms. The number of ether oxygens (including phenoxy) is 1. The molecule has 28 heavy (non-hydrogen) atoms. The van der Waals surface area contributed by atoms with Gasteiger partial charge in [-0.15, -0.1) is 0 Å². The van der Waals surface area contributed by atoms with Crippen molar-refractivity contribution in [3.05, 3.63) is 65.2 Å². The van der Waals surface area contributed by atoms with Gasteiger partial charge >= 0.3 is 6.03 Å². The first kappa shape index (κ1) is 20.2. The molecule has 0 atom stereocenters. The molecule has 5 nitrogen and oxygen atoms in total. The van der Waals surface area contributed by atoms with Crippen molar-refractivity contribution in [2.75, 3.05) is 26.2 Å². The lowest BCUT2D eigenvalue weighted by Crippen LogP contribution is -2.48. The van der Waals surface area contributed by atoms with Crippen LogP contribution in [0.2, 0.25) is 0 Å². The van der Waals surface area contributed by atoms with Crippen LogP contribution in [0.4, 0.5) is 4.79 Å². The third kappa shape index (κ3) is 6.27. The molecule has 3 rings (SSSR count). The van der Waals surface area contributed by atoms with Crippen molar-refractivity contribution in [2.45, 2.75) is 39.3 Å². The van der Waals surface area contributed by atoms with Gasteiger partial charge in [-0.25, -0.2) is 4.79 Å². The number of nitrogens with one attached hydrogen (secondary N) is 2. The van der Waals surface area contributed by atoms with Crippen LogP contribution >= 0.6 is 0 Å². The number of amides is 2. The van der Waals surface area contributed by atoms with Gasteiger partial charge in [0.1, 0.15) is 12.4 Å². The lowest BCUT2D eigenvalue weighted by molar-refractivity contribution is 0.185. The van der Waals surface area contributed by atoms with Crippen molar-refractivity contribution in [2.24, 2.45) is 0 Å². The first-order valence-corrected chi connectivity index (χ1v) is 10.1. The molecule has 150 valence electrons. The monoisotopic (exact) mass is 381 g/mol. The van der Waals surface area contributed by atoms with Gasteiger partial charge in [0.25, 0.3) is 0 Å². The number of urea groups is 1. The molecule has 2 aromatic rings. The molecule has 1 aliphatic heterocycles. The normalized spacial score (nSPS) is 15.2. The number of hydrogen-bond acceptors (Lipinski definition) is 3. The smallest absolute Gasteiger partial charge is 0.315 e. The average molecular weight is 382 g/mol. The van der Waals surface area contributed by atoms with E-state index in [4.69, 9.17) is 4.74 Å². The third-order valence-corrected chi connectivity index (χ3v) is 5.26. The summed E-state index contributed by atoms with van der Waals surface area (Å²) in [5.41, 5.74) is 3.94. The molecule has 0 saturated carbocycles. The van der Waals surface area contributed by atoms with Gasteiger partial charge in [-0.2, -0.15) is 0 Å². The number of nitrogens with zero attached hydrogens (tertiary/aromatic N) is 1. The highest BCUT2D eigenvalue weighted by Crippen LogP contribution is 2.16. The van der Waals surface area contributed by atoms with E-state index in [1.807, 2.05) is 31.2 Å². The van der Waals surface area contributed by atoms with E-state index in [9.17, 15) is 4.79 Å². The van der Waals surface area contributed by atoms with E-state index in [1.54, 1.807) is 0 Å². The summed E-state index contributed by atoms with van der Waals surface area (Å²) < 4.78 is 5.63. The first-order valence-electron chi connectivity index (χ1n) is 10.1. The average Bonchev–Trinajstić information content (AvgIpc) is 2.70. The Kier molecular flexibility index (Phi) is 7.31. The zero-order chi connectivity index (χ0) is 19.8. The number of aryl methyl sites for hydroxylation is 2. The van der Waals surface area contributed by atoms with Crippen LogP contribution < -0.4 is 15.4 Å². The summed E-state index contributed by atoms with van der Waals surface area (Å²) in [7, 11) is 0. The van der Waals surface area contributed by atoms with Crippen molar-refractivity contribution in [1.82, 2.24) is 15.5 Å². The molecule has 1 heterocycles. The fraction of sp³-hybridized carbons (Fsp3) is 0.435. The van der Waals surface area contributed by atoms with Crippen LogP contribution in [0.25, 0.3) is 0 Å². The molecule has 0 spiro atoms. The summed E-state index contributed by atoms with van der Waals surface area (Å²) in [4.78, 5) is 14.6. The Bertz CT molecular complexity index is 753. The Morgan fingerprint density at radius 1 is 1.07 bits per heavy atom. The molecule has 5 heteroatoms. The molecule has 2 N–H and O–H groups in total. The Balaban J connectivity index is 1.30. The van der Waals surface area contributed by atoms with Crippen molar-refractivity contribution in [3.63, 3.8) is 0 Å². The van der Waals surface area contributed by atoms with Gasteiger partial charge in [0.15, 0.2) is 0 Å². The second-order valence-corrected chi connectivity index (χ2v) is 7.54. The van der Waals surface area contributed by atoms with Crippen molar-refractivity contribution >= 4 is 6.03 Å². The van der Waals surface area contributed by atoms with Gasteiger partial charge in [-0.1, -0.05) is 42.0 Å². The van der Waals surface area contributed by atoms with Gasteiger partial charge < -0.3 is 15.4 Å². The third-order valence-electron chi connectivity index (χ3n) is 5.26. The van der Waals surface area contributed by atoms with Crippen LogP contribution in [-0.2, 0) is 6.54 Å². The summed E-state index contributed by atoms with van der Waals surface area (Å²) in [6.07, 6.45) is 1.97. The van der Waals surface area contributed by atoms with Crippen LogP contribution in [-0.4, -0.2) is 43.2 Å². The van der Waals surface area contributed by atoms with Crippen LogP contribution in [0, 0.1) is 13.8 Å². The molecule has 1 fully saturated rings. The Morgan fingerprint density at radius 3 is 2.50 bits per heavy atom. The molecule has 0 aromatic heterocycles. The largest absolute Gasteiger partial charge is 0.492 e. The maximum Gasteiger partial charge on any atom is 0.315 e. The minimum absolute atomic E-state index is 0.107. The molecule has 1 saturated heterocycles. The molecule has 0 aliphatic carbocycles. The van der Waals surface area contributed by atoms with Crippen molar-refractivity contribution < 1.29 is 9.53 Å². The summed E-state index contributed by atoms with van der Waals surface area (Å²) >= 11 is 0. The minimum Gasteiger partial charge on any atom is -0.492 e. The van der Waals surface area contributed by atoms with E-state index in [2.05, 4.69) is 46.7 Å². The number of hydrogen-bond donors (Lipinski definition) is 2. The van der Waals surface area contributed by atoms with Crippen LogP contribution in [0.1, 0.15) is 29.5 Å². The first-order chi connectivity index (χ1) is 13.6. The van der Waals surface area contributed by atoms with Gasteiger partial charge in [0.05, 0.1) is 6.54 Å². The number of rotatable bonds is 7. The van der Waals surface area contributed by atoms with Crippen LogP contribution in [0.5, 0.6) is 5.75 Å². The van der Waals surface area contributed by atoms with Crippen LogP contribution in [0.15, 0.2) is 48.5 Å². The molecule has 2 aromatic carbocycles. The van der Waals surface area contributed by atoms with E-state index in [0.29, 0.717) is 13.2 Å². The summed E-state index contributed by atoms with van der Waals surface area (Å²) in [6.45, 7) is 8.17. The molecular formula is C23H31N3O2. The summed E-state index contributed by atoms with van der Waals surface area (Å²) in [6, 6.07) is 16.6. The summed E-state index contributed by atoms with van der Waals surface area (Å²) in [5, 5.41) is 5.97. The van der Waals surface area contributed by atoms with Crippen LogP contribution in [0.3, 0.4) is 0 Å². The highest BCUT2D eigenvalue weighted by Gasteiger charge is 2.20. The Hall–Kier alpha value is -2.53. The molecule has 0 unspecified atom stereocenters. The molecular weight excluding hydrogens is 350 g/mol. The predicted octanol–water partition coefficient (Wildman–Crippen LogP) is 3.65. The number of carbonyl (C=O) groups excluding carboxylic acids is 1. The van der Waals surface area contributed by atoms with Gasteiger partial charge in [-0.3, -0.25) is 4.90 Å². The quantitative estimate of drug-likeness (QED) is 0.720. The van der Waals surface area contributed by atoms with Gasteiger partial charge in [-0.05, 0) is 49.9 Å². The standard InChI is InChI=1S/C23H31N3O2/c1-18-7-9-22(10-8-18)28-16-13-24-23(27)25-21-11-14-26(15-12-21)17-20-6-4-3-5-19(20)2/h3-10,21H,11-17H2,1-2H3,(H2,24,25,27). The highest BCUT2D eigenvalue weighted by atomic mass is 16.5. The highest BCUT2D eigenvalue weighted by molar-refractivity contribution is 5.74. The fourth-order valence-electron chi connectivity index (χ4n) is 3.47. The predicted molar refractivity (Wildman–Crippen MR) is 113 cm³/mol. The maximum absolute atomic E-state index is 12.1. The minimum atomic E-state index is -0.107. The van der Waals surface area contributed by atoms with Gasteiger partial charge in [0, 0.05) is 25.7 Å². The second kappa shape index (κ2) is 10.1. The van der Waals surface area contributed by atoms with E-state index in [1.165, 1.54) is 16.7 Å². The topological polar surface area (TPSA) is 53.6 Å². The lowest BCUT2D eigenvalue weighted by atomic mass is 10.0. The number of piperidine rings is 1. The summed E-state index contributed by atoms with van der Waals surface area (Å²) in [5.74, 6) is 0.828. The van der Waals surface area contributed by atoms with Crippen molar-refractivity contribution in [1.29, 1.82) is 0 Å². The maximum atomic E-state index is 12.1. The number of benzene rings is 2. The van der Waals surface area contributed by atoms with E-state index in [-0.39, 0.29) is 12.1 Å². The Labute approximate surface area is 168 Å². The fourth-order valence-corrected chi connectivity index (χ4v) is 3.47. The Morgan fingerprint density at radius 2 is 1.79 bits per heavy atom. The van der Waals surface area contributed by atoms with Crippen molar-refractivity contribution in [3.8, 4) is 5.75 Å². The molecule has 1 aliphatic rings. The van der Waals surface area contributed by atoms with E-state index >= 15 is 0 Å².